The lowest BCUT2D eigenvalue weighted by Gasteiger charge is -2.20. The molecule has 0 saturated carbocycles. The minimum Gasteiger partial charge on any atom is -0.507 e. The van der Waals surface area contributed by atoms with Crippen LogP contribution >= 0.6 is 0 Å². The highest BCUT2D eigenvalue weighted by atomic mass is 16.3. The standard InChI is InChI=1S/C18H19NO2/c1-12(19-13(2)17-8-5-11-21-17)15-10-9-14-6-3-4-7-16(14)18(15)20/h3-13,19-20H,1-2H3/t12?,13-/m1/s1. The molecule has 3 nitrogen and oxygen atoms in total. The van der Waals surface area contributed by atoms with Crippen molar-refractivity contribution in [2.75, 3.05) is 0 Å². The molecule has 0 bridgehead atoms. The molecule has 0 fully saturated rings. The number of hydrogen-bond acceptors (Lipinski definition) is 3. The lowest BCUT2D eigenvalue weighted by molar-refractivity contribution is 0.394. The molecule has 0 aliphatic carbocycles. The molecular weight excluding hydrogens is 262 g/mol. The van der Waals surface area contributed by atoms with E-state index in [1.165, 1.54) is 0 Å². The van der Waals surface area contributed by atoms with Crippen LogP contribution in [0.15, 0.2) is 59.2 Å². The molecule has 21 heavy (non-hydrogen) atoms. The van der Waals surface area contributed by atoms with Crippen molar-refractivity contribution in [1.82, 2.24) is 5.32 Å². The van der Waals surface area contributed by atoms with Gasteiger partial charge in [0.05, 0.1) is 12.3 Å². The summed E-state index contributed by atoms with van der Waals surface area (Å²) in [5.41, 5.74) is 0.895. The molecule has 1 aromatic heterocycles. The van der Waals surface area contributed by atoms with E-state index < -0.39 is 0 Å². The second-order valence-electron chi connectivity index (χ2n) is 5.35. The third kappa shape index (κ3) is 2.65. The van der Waals surface area contributed by atoms with Crippen LogP contribution in [-0.4, -0.2) is 5.11 Å². The first kappa shape index (κ1) is 13.7. The Morgan fingerprint density at radius 1 is 0.952 bits per heavy atom. The molecule has 1 unspecified atom stereocenters. The molecule has 0 saturated heterocycles. The molecule has 3 aromatic rings. The maximum atomic E-state index is 10.5. The number of rotatable bonds is 4. The smallest absolute Gasteiger partial charge is 0.128 e. The molecule has 108 valence electrons. The molecule has 2 aromatic carbocycles. The fourth-order valence-electron chi connectivity index (χ4n) is 2.71. The van der Waals surface area contributed by atoms with E-state index in [1.807, 2.05) is 62.4 Å². The summed E-state index contributed by atoms with van der Waals surface area (Å²) in [5, 5.41) is 15.9. The lowest BCUT2D eigenvalue weighted by atomic mass is 10.0. The van der Waals surface area contributed by atoms with E-state index in [1.54, 1.807) is 6.26 Å². The number of benzene rings is 2. The van der Waals surface area contributed by atoms with E-state index in [9.17, 15) is 5.11 Å². The summed E-state index contributed by atoms with van der Waals surface area (Å²) in [7, 11) is 0. The van der Waals surface area contributed by atoms with E-state index >= 15 is 0 Å². The maximum Gasteiger partial charge on any atom is 0.128 e. The van der Waals surface area contributed by atoms with Crippen molar-refractivity contribution in [2.24, 2.45) is 0 Å². The number of aromatic hydroxyl groups is 1. The molecule has 2 atom stereocenters. The van der Waals surface area contributed by atoms with E-state index in [4.69, 9.17) is 4.42 Å². The fraction of sp³-hybridized carbons (Fsp3) is 0.222. The van der Waals surface area contributed by atoms with Gasteiger partial charge in [0.2, 0.25) is 0 Å². The molecule has 0 radical (unpaired) electrons. The number of nitrogens with one attached hydrogen (secondary N) is 1. The molecule has 3 rings (SSSR count). The highest BCUT2D eigenvalue weighted by Crippen LogP contribution is 2.33. The molecule has 2 N–H and O–H groups in total. The first-order valence-corrected chi connectivity index (χ1v) is 7.17. The van der Waals surface area contributed by atoms with Crippen LogP contribution in [0.25, 0.3) is 10.8 Å². The van der Waals surface area contributed by atoms with Crippen molar-refractivity contribution in [2.45, 2.75) is 25.9 Å². The van der Waals surface area contributed by atoms with E-state index in [-0.39, 0.29) is 12.1 Å². The number of hydrogen-bond donors (Lipinski definition) is 2. The fourth-order valence-corrected chi connectivity index (χ4v) is 2.71. The molecule has 0 amide bonds. The van der Waals surface area contributed by atoms with Crippen molar-refractivity contribution in [3.63, 3.8) is 0 Å². The molecular formula is C18H19NO2. The normalized spacial score (nSPS) is 14.2. The SMILES string of the molecule is CC(N[C@H](C)c1ccco1)c1ccc2ccccc2c1O. The van der Waals surface area contributed by atoms with Gasteiger partial charge in [-0.25, -0.2) is 0 Å². The van der Waals surface area contributed by atoms with Gasteiger partial charge in [-0.3, -0.25) is 0 Å². The highest BCUT2D eigenvalue weighted by molar-refractivity contribution is 5.89. The predicted octanol–water partition coefficient (Wildman–Crippen LogP) is 4.55. The van der Waals surface area contributed by atoms with Crippen LogP contribution in [0.1, 0.15) is 37.3 Å². The van der Waals surface area contributed by atoms with Crippen molar-refractivity contribution in [3.05, 3.63) is 66.1 Å². The topological polar surface area (TPSA) is 45.4 Å². The van der Waals surface area contributed by atoms with Crippen LogP contribution in [0.5, 0.6) is 5.75 Å². The second kappa shape index (κ2) is 5.62. The average molecular weight is 281 g/mol. The molecule has 0 spiro atoms. The zero-order valence-corrected chi connectivity index (χ0v) is 12.2. The number of phenolic OH excluding ortho intramolecular Hbond substituents is 1. The van der Waals surface area contributed by atoms with Crippen molar-refractivity contribution in [3.8, 4) is 5.75 Å². The highest BCUT2D eigenvalue weighted by Gasteiger charge is 2.16. The third-order valence-corrected chi connectivity index (χ3v) is 3.87. The Balaban J connectivity index is 1.87. The van der Waals surface area contributed by atoms with Crippen LogP contribution in [0.4, 0.5) is 0 Å². The Bertz CT molecular complexity index is 734. The molecule has 0 aliphatic heterocycles. The van der Waals surface area contributed by atoms with Crippen LogP contribution in [0.3, 0.4) is 0 Å². The van der Waals surface area contributed by atoms with Gasteiger partial charge >= 0.3 is 0 Å². The summed E-state index contributed by atoms with van der Waals surface area (Å²) in [4.78, 5) is 0. The number of fused-ring (bicyclic) bond motifs is 1. The van der Waals surface area contributed by atoms with Gasteiger partial charge in [-0.2, -0.15) is 0 Å². The Morgan fingerprint density at radius 3 is 2.52 bits per heavy atom. The predicted molar refractivity (Wildman–Crippen MR) is 84.3 cm³/mol. The summed E-state index contributed by atoms with van der Waals surface area (Å²) in [6.07, 6.45) is 1.67. The molecule has 1 heterocycles. The van der Waals surface area contributed by atoms with E-state index in [0.717, 1.165) is 22.1 Å². The first-order chi connectivity index (χ1) is 10.2. The van der Waals surface area contributed by atoms with Gasteiger partial charge in [0.25, 0.3) is 0 Å². The number of phenols is 1. The number of furan rings is 1. The Kier molecular flexibility index (Phi) is 3.67. The monoisotopic (exact) mass is 281 g/mol. The minimum atomic E-state index is 0.0229. The van der Waals surface area contributed by atoms with E-state index in [2.05, 4.69) is 5.32 Å². The van der Waals surface area contributed by atoms with Crippen molar-refractivity contribution >= 4 is 10.8 Å². The maximum absolute atomic E-state index is 10.5. The zero-order chi connectivity index (χ0) is 14.8. The second-order valence-corrected chi connectivity index (χ2v) is 5.35. The van der Waals surface area contributed by atoms with Gasteiger partial charge in [-0.1, -0.05) is 36.4 Å². The summed E-state index contributed by atoms with van der Waals surface area (Å²) >= 11 is 0. The quantitative estimate of drug-likeness (QED) is 0.737. The van der Waals surface area contributed by atoms with Crippen LogP contribution in [-0.2, 0) is 0 Å². The molecule has 0 aliphatic rings. The first-order valence-electron chi connectivity index (χ1n) is 7.17. The Hall–Kier alpha value is -2.26. The van der Waals surface area contributed by atoms with Gasteiger partial charge in [0, 0.05) is 17.0 Å². The summed E-state index contributed by atoms with van der Waals surface area (Å²) < 4.78 is 5.41. The van der Waals surface area contributed by atoms with E-state index in [0.29, 0.717) is 5.75 Å². The van der Waals surface area contributed by atoms with Crippen molar-refractivity contribution < 1.29 is 9.52 Å². The van der Waals surface area contributed by atoms with Gasteiger partial charge < -0.3 is 14.8 Å². The average Bonchev–Trinajstić information content (AvgIpc) is 3.02. The Labute approximate surface area is 124 Å². The summed E-state index contributed by atoms with van der Waals surface area (Å²) in [6, 6.07) is 15.8. The van der Waals surface area contributed by atoms with Gasteiger partial charge in [-0.05, 0) is 31.4 Å². The molecule has 3 heteroatoms. The van der Waals surface area contributed by atoms with Crippen LogP contribution in [0, 0.1) is 0 Å². The van der Waals surface area contributed by atoms with Crippen molar-refractivity contribution in [1.29, 1.82) is 0 Å². The summed E-state index contributed by atoms with van der Waals surface area (Å²) in [5.74, 6) is 1.24. The van der Waals surface area contributed by atoms with Crippen LogP contribution in [0.2, 0.25) is 0 Å². The lowest BCUT2D eigenvalue weighted by Crippen LogP contribution is -2.22. The van der Waals surface area contributed by atoms with Crippen LogP contribution < -0.4 is 5.32 Å². The summed E-state index contributed by atoms with van der Waals surface area (Å²) in [6.45, 7) is 4.09. The van der Waals surface area contributed by atoms with Gasteiger partial charge in [0.1, 0.15) is 11.5 Å². The van der Waals surface area contributed by atoms with Gasteiger partial charge in [0.15, 0.2) is 0 Å². The largest absolute Gasteiger partial charge is 0.507 e. The van der Waals surface area contributed by atoms with Gasteiger partial charge in [-0.15, -0.1) is 0 Å². The third-order valence-electron chi connectivity index (χ3n) is 3.87. The zero-order valence-electron chi connectivity index (χ0n) is 12.2. The minimum absolute atomic E-state index is 0.0229. The Morgan fingerprint density at radius 2 is 1.76 bits per heavy atom.